The van der Waals surface area contributed by atoms with E-state index in [2.05, 4.69) is 4.90 Å². The van der Waals surface area contributed by atoms with Crippen LogP contribution in [0, 0.1) is 5.82 Å². The van der Waals surface area contributed by atoms with Crippen molar-refractivity contribution in [1.29, 1.82) is 0 Å². The highest BCUT2D eigenvalue weighted by atomic mass is 35.5. The monoisotopic (exact) mass is 299 g/mol. The highest BCUT2D eigenvalue weighted by Gasteiger charge is 2.10. The van der Waals surface area contributed by atoms with Crippen molar-refractivity contribution in [1.82, 2.24) is 4.90 Å². The van der Waals surface area contributed by atoms with Crippen LogP contribution in [0.2, 0.25) is 0 Å². The molecule has 0 aliphatic carbocycles. The van der Waals surface area contributed by atoms with Crippen LogP contribution in [0.5, 0.6) is 0 Å². The maximum absolute atomic E-state index is 12.8. The minimum Gasteiger partial charge on any atom is -0.303 e. The van der Waals surface area contributed by atoms with Gasteiger partial charge in [0.15, 0.2) is 5.78 Å². The molecule has 0 unspecified atom stereocenters. The Morgan fingerprint density at radius 2 is 1.65 bits per heavy atom. The zero-order valence-electron chi connectivity index (χ0n) is 11.8. The molecule has 1 heterocycles. The van der Waals surface area contributed by atoms with Gasteiger partial charge in [-0.15, -0.1) is 12.4 Å². The third kappa shape index (κ3) is 5.59. The number of carbonyl (C=O) groups excluding carboxylic acids is 1. The van der Waals surface area contributed by atoms with Crippen LogP contribution < -0.4 is 0 Å². The average molecular weight is 300 g/mol. The molecule has 2 nitrogen and oxygen atoms in total. The Kier molecular flexibility index (Phi) is 7.78. The van der Waals surface area contributed by atoms with Gasteiger partial charge >= 0.3 is 0 Å². The molecule has 112 valence electrons. The minimum atomic E-state index is -0.291. The first-order chi connectivity index (χ1) is 9.25. The SMILES string of the molecule is Cl.O=C(CCCN1CCCCCC1)c1ccc(F)cc1. The molecule has 1 aliphatic rings. The lowest BCUT2D eigenvalue weighted by Gasteiger charge is -2.19. The zero-order chi connectivity index (χ0) is 13.5. The number of Topliss-reactive ketones (excluding diaryl/α,β-unsaturated/α-hetero) is 1. The fourth-order valence-corrected chi connectivity index (χ4v) is 2.60. The summed E-state index contributed by atoms with van der Waals surface area (Å²) in [5.41, 5.74) is 0.622. The fourth-order valence-electron chi connectivity index (χ4n) is 2.60. The fraction of sp³-hybridized carbons (Fsp3) is 0.562. The van der Waals surface area contributed by atoms with Crippen molar-refractivity contribution in [2.24, 2.45) is 0 Å². The second-order valence-corrected chi connectivity index (χ2v) is 5.29. The molecule has 0 radical (unpaired) electrons. The van der Waals surface area contributed by atoms with Gasteiger partial charge in [0.05, 0.1) is 0 Å². The minimum absolute atomic E-state index is 0. The third-order valence-electron chi connectivity index (χ3n) is 3.74. The summed E-state index contributed by atoms with van der Waals surface area (Å²) in [6.07, 6.45) is 6.70. The number of halogens is 2. The van der Waals surface area contributed by atoms with E-state index in [0.29, 0.717) is 12.0 Å². The summed E-state index contributed by atoms with van der Waals surface area (Å²) in [7, 11) is 0. The van der Waals surface area contributed by atoms with E-state index in [0.717, 1.165) is 13.0 Å². The molecule has 4 heteroatoms. The lowest BCUT2D eigenvalue weighted by molar-refractivity contribution is 0.0975. The molecule has 0 atom stereocenters. The Morgan fingerprint density at radius 3 is 2.25 bits per heavy atom. The van der Waals surface area contributed by atoms with Gasteiger partial charge in [-0.1, -0.05) is 12.8 Å². The maximum Gasteiger partial charge on any atom is 0.162 e. The second-order valence-electron chi connectivity index (χ2n) is 5.29. The van der Waals surface area contributed by atoms with Gasteiger partial charge in [-0.05, 0) is 63.2 Å². The van der Waals surface area contributed by atoms with E-state index in [9.17, 15) is 9.18 Å². The first-order valence-corrected chi connectivity index (χ1v) is 7.27. The molecule has 0 N–H and O–H groups in total. The molecule has 0 spiro atoms. The van der Waals surface area contributed by atoms with Gasteiger partial charge in [0.25, 0.3) is 0 Å². The molecule has 0 aromatic heterocycles. The largest absolute Gasteiger partial charge is 0.303 e. The zero-order valence-corrected chi connectivity index (χ0v) is 12.6. The van der Waals surface area contributed by atoms with Gasteiger partial charge in [-0.25, -0.2) is 4.39 Å². The van der Waals surface area contributed by atoms with Crippen LogP contribution in [-0.4, -0.2) is 30.3 Å². The van der Waals surface area contributed by atoms with E-state index in [-0.39, 0.29) is 24.0 Å². The van der Waals surface area contributed by atoms with Crippen LogP contribution in [-0.2, 0) is 0 Å². The summed E-state index contributed by atoms with van der Waals surface area (Å²) in [4.78, 5) is 14.4. The maximum atomic E-state index is 12.8. The van der Waals surface area contributed by atoms with Crippen LogP contribution >= 0.6 is 12.4 Å². The average Bonchev–Trinajstić information content (AvgIpc) is 2.68. The van der Waals surface area contributed by atoms with Crippen molar-refractivity contribution in [2.75, 3.05) is 19.6 Å². The van der Waals surface area contributed by atoms with Crippen LogP contribution in [0.1, 0.15) is 48.9 Å². The van der Waals surface area contributed by atoms with Crippen molar-refractivity contribution >= 4 is 18.2 Å². The molecule has 2 rings (SSSR count). The molecule has 0 amide bonds. The molecule has 20 heavy (non-hydrogen) atoms. The molecule has 1 fully saturated rings. The molecule has 0 bridgehead atoms. The highest BCUT2D eigenvalue weighted by Crippen LogP contribution is 2.12. The Morgan fingerprint density at radius 1 is 1.05 bits per heavy atom. The predicted octanol–water partition coefficient (Wildman–Crippen LogP) is 4.09. The molecule has 1 aliphatic heterocycles. The molecular formula is C16H23ClFNO. The third-order valence-corrected chi connectivity index (χ3v) is 3.74. The van der Waals surface area contributed by atoms with E-state index >= 15 is 0 Å². The Labute approximate surface area is 126 Å². The highest BCUT2D eigenvalue weighted by molar-refractivity contribution is 5.95. The van der Waals surface area contributed by atoms with E-state index in [4.69, 9.17) is 0 Å². The lowest BCUT2D eigenvalue weighted by Crippen LogP contribution is -2.26. The van der Waals surface area contributed by atoms with E-state index in [1.54, 1.807) is 12.1 Å². The van der Waals surface area contributed by atoms with Crippen molar-refractivity contribution in [3.05, 3.63) is 35.6 Å². The van der Waals surface area contributed by atoms with Crippen LogP contribution in [0.15, 0.2) is 24.3 Å². The van der Waals surface area contributed by atoms with Gasteiger partial charge in [0.2, 0.25) is 0 Å². The van der Waals surface area contributed by atoms with Crippen molar-refractivity contribution in [3.8, 4) is 0 Å². The number of nitrogens with zero attached hydrogens (tertiary/aromatic N) is 1. The Balaban J connectivity index is 0.00000200. The number of likely N-dealkylation sites (tertiary alicyclic amines) is 1. The molecule has 0 saturated carbocycles. The number of ketones is 1. The van der Waals surface area contributed by atoms with Gasteiger partial charge in [0.1, 0.15) is 5.82 Å². The van der Waals surface area contributed by atoms with E-state index < -0.39 is 0 Å². The molecule has 1 aromatic rings. The standard InChI is InChI=1S/C16H22FNO.ClH/c17-15-9-7-14(8-10-15)16(19)6-5-13-18-11-3-1-2-4-12-18;/h7-10H,1-6,11-13H2;1H. The summed E-state index contributed by atoms with van der Waals surface area (Å²) in [6, 6.07) is 5.84. The van der Waals surface area contributed by atoms with Crippen molar-refractivity contribution < 1.29 is 9.18 Å². The van der Waals surface area contributed by atoms with Crippen molar-refractivity contribution in [2.45, 2.75) is 38.5 Å². The van der Waals surface area contributed by atoms with Gasteiger partial charge in [-0.3, -0.25) is 4.79 Å². The smallest absolute Gasteiger partial charge is 0.162 e. The summed E-state index contributed by atoms with van der Waals surface area (Å²) >= 11 is 0. The molecule has 1 saturated heterocycles. The normalized spacial score (nSPS) is 16.2. The van der Waals surface area contributed by atoms with E-state index in [1.807, 2.05) is 0 Å². The number of hydrogen-bond donors (Lipinski definition) is 0. The first-order valence-electron chi connectivity index (χ1n) is 7.27. The number of carbonyl (C=O) groups is 1. The number of rotatable bonds is 5. The predicted molar refractivity (Wildman–Crippen MR) is 82.1 cm³/mol. The van der Waals surface area contributed by atoms with Gasteiger partial charge < -0.3 is 4.90 Å². The summed E-state index contributed by atoms with van der Waals surface area (Å²) in [5.74, 6) is -0.170. The van der Waals surface area contributed by atoms with Crippen LogP contribution in [0.25, 0.3) is 0 Å². The lowest BCUT2D eigenvalue weighted by atomic mass is 10.1. The van der Waals surface area contributed by atoms with Crippen molar-refractivity contribution in [3.63, 3.8) is 0 Å². The van der Waals surface area contributed by atoms with E-state index in [1.165, 1.54) is 50.9 Å². The van der Waals surface area contributed by atoms with Gasteiger partial charge in [0, 0.05) is 12.0 Å². The van der Waals surface area contributed by atoms with Crippen LogP contribution in [0.3, 0.4) is 0 Å². The Bertz CT molecular complexity index is 399. The molecular weight excluding hydrogens is 277 g/mol. The summed E-state index contributed by atoms with van der Waals surface area (Å²) in [6.45, 7) is 3.35. The quantitative estimate of drug-likeness (QED) is 0.763. The number of hydrogen-bond acceptors (Lipinski definition) is 2. The first kappa shape index (κ1) is 17.1. The van der Waals surface area contributed by atoms with Gasteiger partial charge in [-0.2, -0.15) is 0 Å². The topological polar surface area (TPSA) is 20.3 Å². The summed E-state index contributed by atoms with van der Waals surface area (Å²) < 4.78 is 12.8. The van der Waals surface area contributed by atoms with Crippen LogP contribution in [0.4, 0.5) is 4.39 Å². The molecule has 1 aromatic carbocycles. The Hall–Kier alpha value is -0.930. The summed E-state index contributed by atoms with van der Waals surface area (Å²) in [5, 5.41) is 0. The number of benzene rings is 1. The second kappa shape index (κ2) is 9.09.